The third-order valence-corrected chi connectivity index (χ3v) is 7.23. The van der Waals surface area contributed by atoms with Gasteiger partial charge in [0.25, 0.3) is 0 Å². The summed E-state index contributed by atoms with van der Waals surface area (Å²) in [5.74, 6) is -0.661. The molecule has 1 aliphatic rings. The van der Waals surface area contributed by atoms with E-state index in [1.807, 2.05) is 4.57 Å². The van der Waals surface area contributed by atoms with Crippen molar-refractivity contribution < 1.29 is 35.8 Å². The van der Waals surface area contributed by atoms with E-state index in [0.717, 1.165) is 0 Å². The summed E-state index contributed by atoms with van der Waals surface area (Å²) in [5, 5.41) is 3.71. The van der Waals surface area contributed by atoms with Gasteiger partial charge in [-0.25, -0.2) is 18.1 Å². The highest BCUT2D eigenvalue weighted by Gasteiger charge is 2.46. The quantitative estimate of drug-likeness (QED) is 0.317. The second kappa shape index (κ2) is 11.7. The van der Waals surface area contributed by atoms with Gasteiger partial charge in [0.05, 0.1) is 24.5 Å². The number of ether oxygens (including phenoxy) is 3. The van der Waals surface area contributed by atoms with Gasteiger partial charge in [-0.2, -0.15) is 13.2 Å². The van der Waals surface area contributed by atoms with Crippen molar-refractivity contribution in [2.45, 2.75) is 23.9 Å². The molecule has 0 saturated carbocycles. The Hall–Kier alpha value is -2.55. The van der Waals surface area contributed by atoms with Crippen LogP contribution < -0.4 is 14.8 Å². The first-order valence-corrected chi connectivity index (χ1v) is 13.5. The first kappa shape index (κ1) is 28.5. The summed E-state index contributed by atoms with van der Waals surface area (Å²) in [4.78, 5) is 4.06. The summed E-state index contributed by atoms with van der Waals surface area (Å²) in [5.41, 5.74) is -4.16. The van der Waals surface area contributed by atoms with Crippen LogP contribution in [-0.4, -0.2) is 55.9 Å². The molecular weight excluding hydrogens is 572 g/mol. The molecule has 1 saturated heterocycles. The van der Waals surface area contributed by atoms with Crippen LogP contribution in [0.25, 0.3) is 0 Å². The molecule has 0 unspecified atom stereocenters. The van der Waals surface area contributed by atoms with Gasteiger partial charge < -0.3 is 24.1 Å². The zero-order valence-corrected chi connectivity index (χ0v) is 21.9. The average Bonchev–Trinajstić information content (AvgIpc) is 3.51. The van der Waals surface area contributed by atoms with E-state index < -0.39 is 34.0 Å². The molecule has 15 heteroatoms. The molecule has 1 aliphatic heterocycles. The Labute approximate surface area is 226 Å². The summed E-state index contributed by atoms with van der Waals surface area (Å²) in [6.07, 6.45) is 4.64. The summed E-state index contributed by atoms with van der Waals surface area (Å²) in [6.45, 7) is 0.223. The fraction of sp³-hybridized carbons (Fsp3) is 0.348. The van der Waals surface area contributed by atoms with Crippen molar-refractivity contribution in [1.82, 2.24) is 14.3 Å². The number of anilines is 1. The Balaban J connectivity index is 1.32. The van der Waals surface area contributed by atoms with Gasteiger partial charge in [0.15, 0.2) is 0 Å². The number of benzene rings is 2. The normalized spacial score (nSPS) is 20.0. The molecule has 0 bridgehead atoms. The largest absolute Gasteiger partial charge is 0.511 e. The van der Waals surface area contributed by atoms with Crippen molar-refractivity contribution >= 4 is 38.9 Å². The van der Waals surface area contributed by atoms with Crippen molar-refractivity contribution in [2.75, 3.05) is 31.6 Å². The van der Waals surface area contributed by atoms with Crippen LogP contribution in [0.3, 0.4) is 0 Å². The molecule has 206 valence electrons. The van der Waals surface area contributed by atoms with E-state index in [2.05, 4.69) is 10.3 Å². The minimum absolute atomic E-state index is 0.0466. The van der Waals surface area contributed by atoms with E-state index >= 15 is 0 Å². The number of sulfonamides is 1. The molecule has 0 amide bonds. The SMILES string of the molecule is O=S(=O)(NCCNc1ccc(OC[C@@H]2CO[C@@](Cn3ccnc3)(c3ccc(Cl)cc3Cl)O2)cc1)C(F)(F)F. The number of aromatic nitrogens is 2. The van der Waals surface area contributed by atoms with E-state index in [1.165, 1.54) is 4.72 Å². The van der Waals surface area contributed by atoms with Gasteiger partial charge in [0.1, 0.15) is 18.5 Å². The third kappa shape index (κ3) is 6.90. The monoisotopic (exact) mass is 594 g/mol. The lowest BCUT2D eigenvalue weighted by atomic mass is 10.1. The van der Waals surface area contributed by atoms with Gasteiger partial charge in [-0.15, -0.1) is 0 Å². The van der Waals surface area contributed by atoms with Crippen molar-refractivity contribution in [1.29, 1.82) is 0 Å². The maximum absolute atomic E-state index is 12.3. The Morgan fingerprint density at radius 3 is 2.58 bits per heavy atom. The zero-order chi connectivity index (χ0) is 27.4. The fourth-order valence-corrected chi connectivity index (χ4v) is 4.79. The highest BCUT2D eigenvalue weighted by molar-refractivity contribution is 7.90. The maximum atomic E-state index is 12.3. The van der Waals surface area contributed by atoms with Crippen LogP contribution in [0.4, 0.5) is 18.9 Å². The third-order valence-electron chi connectivity index (χ3n) is 5.49. The Kier molecular flexibility index (Phi) is 8.75. The number of halogens is 5. The first-order valence-electron chi connectivity index (χ1n) is 11.2. The molecule has 2 aromatic carbocycles. The van der Waals surface area contributed by atoms with Crippen molar-refractivity contribution in [3.63, 3.8) is 0 Å². The zero-order valence-electron chi connectivity index (χ0n) is 19.6. The van der Waals surface area contributed by atoms with Gasteiger partial charge in [0.2, 0.25) is 5.79 Å². The minimum Gasteiger partial charge on any atom is -0.491 e. The van der Waals surface area contributed by atoms with E-state index in [-0.39, 0.29) is 19.8 Å². The van der Waals surface area contributed by atoms with Gasteiger partial charge in [-0.3, -0.25) is 0 Å². The summed E-state index contributed by atoms with van der Waals surface area (Å²) in [7, 11) is -5.37. The molecule has 0 aliphatic carbocycles. The van der Waals surface area contributed by atoms with E-state index in [9.17, 15) is 21.6 Å². The number of nitrogens with one attached hydrogen (secondary N) is 2. The Bertz CT molecular complexity index is 1330. The smallest absolute Gasteiger partial charge is 0.491 e. The standard InChI is InChI=1S/C23H23Cl2F3N4O5S/c24-16-1-6-20(21(25)11-16)22(14-32-10-9-29-15-32)36-13-19(37-22)12-35-18-4-2-17(3-5-18)30-7-8-31-38(33,34)23(26,27)28/h1-6,9-11,15,19,30-31H,7-8,12-14H2/t19-,22-/m1/s1. The van der Waals surface area contributed by atoms with E-state index in [4.69, 9.17) is 37.4 Å². The molecule has 2 atom stereocenters. The Morgan fingerprint density at radius 2 is 1.92 bits per heavy atom. The first-order chi connectivity index (χ1) is 18.0. The van der Waals surface area contributed by atoms with Crippen LogP contribution in [0.2, 0.25) is 10.0 Å². The number of imidazole rings is 1. The van der Waals surface area contributed by atoms with Crippen LogP contribution in [0.15, 0.2) is 61.2 Å². The van der Waals surface area contributed by atoms with Gasteiger partial charge in [-0.1, -0.05) is 29.3 Å². The molecule has 0 radical (unpaired) electrons. The molecule has 9 nitrogen and oxygen atoms in total. The van der Waals surface area contributed by atoms with Crippen molar-refractivity contribution in [3.05, 3.63) is 76.8 Å². The highest BCUT2D eigenvalue weighted by Crippen LogP contribution is 2.40. The second-order valence-corrected chi connectivity index (χ2v) is 10.9. The molecule has 3 aromatic rings. The lowest BCUT2D eigenvalue weighted by Crippen LogP contribution is -2.38. The summed E-state index contributed by atoms with van der Waals surface area (Å²) >= 11 is 12.5. The predicted molar refractivity (Wildman–Crippen MR) is 135 cm³/mol. The molecule has 1 fully saturated rings. The Morgan fingerprint density at radius 1 is 1.16 bits per heavy atom. The maximum Gasteiger partial charge on any atom is 0.511 e. The number of rotatable bonds is 11. The second-order valence-electron chi connectivity index (χ2n) is 8.27. The van der Waals surface area contributed by atoms with Crippen LogP contribution in [0, 0.1) is 0 Å². The molecule has 38 heavy (non-hydrogen) atoms. The molecule has 4 rings (SSSR count). The van der Waals surface area contributed by atoms with Crippen molar-refractivity contribution in [3.8, 4) is 5.75 Å². The predicted octanol–water partition coefficient (Wildman–Crippen LogP) is 4.39. The number of nitrogens with zero attached hydrogens (tertiary/aromatic N) is 2. The van der Waals surface area contributed by atoms with Crippen LogP contribution in [0.5, 0.6) is 5.75 Å². The molecule has 1 aromatic heterocycles. The van der Waals surface area contributed by atoms with Gasteiger partial charge >= 0.3 is 15.5 Å². The van der Waals surface area contributed by atoms with Crippen LogP contribution in [0.1, 0.15) is 5.56 Å². The van der Waals surface area contributed by atoms with Crippen molar-refractivity contribution in [2.24, 2.45) is 0 Å². The molecule has 0 spiro atoms. The fourth-order valence-electron chi connectivity index (χ4n) is 3.71. The molecule has 2 heterocycles. The van der Waals surface area contributed by atoms with Crippen LogP contribution >= 0.6 is 23.2 Å². The van der Waals surface area contributed by atoms with E-state index in [1.54, 1.807) is 61.2 Å². The minimum atomic E-state index is -5.37. The lowest BCUT2D eigenvalue weighted by Gasteiger charge is -2.30. The van der Waals surface area contributed by atoms with Gasteiger partial charge in [0, 0.05) is 41.8 Å². The van der Waals surface area contributed by atoms with Gasteiger partial charge in [-0.05, 0) is 36.4 Å². The number of hydrogen-bond acceptors (Lipinski definition) is 7. The molecule has 2 N–H and O–H groups in total. The summed E-state index contributed by atoms with van der Waals surface area (Å²) in [6, 6.07) is 11.7. The highest BCUT2D eigenvalue weighted by atomic mass is 35.5. The van der Waals surface area contributed by atoms with E-state index in [0.29, 0.717) is 33.6 Å². The molecular formula is C23H23Cl2F3N4O5S. The average molecular weight is 595 g/mol. The number of alkyl halides is 3. The lowest BCUT2D eigenvalue weighted by molar-refractivity contribution is -0.189. The number of hydrogen-bond donors (Lipinski definition) is 2. The van der Waals surface area contributed by atoms with Crippen LogP contribution in [-0.2, 0) is 31.8 Å². The topological polar surface area (TPSA) is 104 Å². The summed E-state index contributed by atoms with van der Waals surface area (Å²) < 4.78 is 80.6.